The highest BCUT2D eigenvalue weighted by Gasteiger charge is 2.19. The molecule has 0 amide bonds. The monoisotopic (exact) mass is 262 g/mol. The quantitative estimate of drug-likeness (QED) is 0.773. The van der Waals surface area contributed by atoms with Crippen molar-refractivity contribution in [3.8, 4) is 5.75 Å². The van der Waals surface area contributed by atoms with Crippen LogP contribution in [0.15, 0.2) is 18.2 Å². The number of ether oxygens (including phenoxy) is 1. The molecular formula is C12H16ClFO3. The number of alkyl halides is 1. The van der Waals surface area contributed by atoms with Crippen LogP contribution in [-0.2, 0) is 0 Å². The van der Waals surface area contributed by atoms with Gasteiger partial charge in [-0.3, -0.25) is 0 Å². The normalized spacial score (nSPS) is 14.4. The first-order chi connectivity index (χ1) is 8.08. The molecule has 0 bridgehead atoms. The van der Waals surface area contributed by atoms with Gasteiger partial charge >= 0.3 is 0 Å². The minimum Gasteiger partial charge on any atom is -0.494 e. The summed E-state index contributed by atoms with van der Waals surface area (Å²) < 4.78 is 18.4. The largest absolute Gasteiger partial charge is 0.494 e. The zero-order chi connectivity index (χ0) is 12.8. The minimum atomic E-state index is -1.16. The Bertz CT molecular complexity index is 360. The van der Waals surface area contributed by atoms with Crippen LogP contribution in [0.2, 0.25) is 0 Å². The van der Waals surface area contributed by atoms with Crippen LogP contribution < -0.4 is 4.74 Å². The van der Waals surface area contributed by atoms with Crippen LogP contribution in [-0.4, -0.2) is 28.8 Å². The first-order valence-corrected chi connectivity index (χ1v) is 5.97. The van der Waals surface area contributed by atoms with Crippen molar-refractivity contribution in [1.29, 1.82) is 0 Å². The van der Waals surface area contributed by atoms with Crippen molar-refractivity contribution in [1.82, 2.24) is 0 Å². The molecule has 5 heteroatoms. The van der Waals surface area contributed by atoms with Gasteiger partial charge in [0.05, 0.1) is 12.7 Å². The lowest BCUT2D eigenvalue weighted by atomic mass is 10.0. The molecule has 0 aromatic heterocycles. The minimum absolute atomic E-state index is 0.228. The number of halogens is 2. The number of benzene rings is 1. The van der Waals surface area contributed by atoms with E-state index in [4.69, 9.17) is 16.3 Å². The summed E-state index contributed by atoms with van der Waals surface area (Å²) in [5, 5.41) is 19.4. The lowest BCUT2D eigenvalue weighted by Crippen LogP contribution is -2.18. The number of aliphatic hydroxyl groups excluding tert-OH is 2. The van der Waals surface area contributed by atoms with E-state index in [1.165, 1.54) is 18.2 Å². The summed E-state index contributed by atoms with van der Waals surface area (Å²) >= 11 is 5.47. The zero-order valence-electron chi connectivity index (χ0n) is 9.57. The fraction of sp³-hybridized carbons (Fsp3) is 0.500. The Labute approximate surface area is 105 Å². The SMILES string of the molecule is CCOc1cc(F)cc(C(O)C(O)CCCl)c1. The predicted molar refractivity (Wildman–Crippen MR) is 63.9 cm³/mol. The molecule has 0 fully saturated rings. The number of aliphatic hydroxyl groups is 2. The third-order valence-electron chi connectivity index (χ3n) is 2.32. The molecule has 1 aromatic carbocycles. The molecule has 2 atom stereocenters. The maximum atomic E-state index is 13.3. The van der Waals surface area contributed by atoms with Gasteiger partial charge in [0.25, 0.3) is 0 Å². The van der Waals surface area contributed by atoms with E-state index in [0.29, 0.717) is 12.4 Å². The van der Waals surface area contributed by atoms with E-state index in [0.717, 1.165) is 0 Å². The Morgan fingerprint density at radius 3 is 2.65 bits per heavy atom. The summed E-state index contributed by atoms with van der Waals surface area (Å²) in [6.45, 7) is 2.19. The molecule has 2 N–H and O–H groups in total. The Hall–Kier alpha value is -0.840. The van der Waals surface area contributed by atoms with E-state index in [1.807, 2.05) is 0 Å². The number of rotatable bonds is 6. The van der Waals surface area contributed by atoms with E-state index in [9.17, 15) is 14.6 Å². The van der Waals surface area contributed by atoms with Gasteiger partial charge in [0.2, 0.25) is 0 Å². The van der Waals surface area contributed by atoms with Gasteiger partial charge in [-0.2, -0.15) is 0 Å². The van der Waals surface area contributed by atoms with Gasteiger partial charge in [-0.25, -0.2) is 4.39 Å². The Kier molecular flexibility index (Phi) is 5.68. The molecule has 2 unspecified atom stereocenters. The fourth-order valence-corrected chi connectivity index (χ4v) is 1.72. The second-order valence-electron chi connectivity index (χ2n) is 3.64. The van der Waals surface area contributed by atoms with Gasteiger partial charge < -0.3 is 14.9 Å². The summed E-state index contributed by atoms with van der Waals surface area (Å²) in [7, 11) is 0. The molecule has 1 rings (SSSR count). The van der Waals surface area contributed by atoms with Crippen molar-refractivity contribution in [2.45, 2.75) is 25.6 Å². The number of hydrogen-bond acceptors (Lipinski definition) is 3. The molecule has 0 radical (unpaired) electrons. The van der Waals surface area contributed by atoms with Gasteiger partial charge in [-0.15, -0.1) is 11.6 Å². The number of hydrogen-bond donors (Lipinski definition) is 2. The average Bonchev–Trinajstić information content (AvgIpc) is 2.28. The molecule has 3 nitrogen and oxygen atoms in total. The summed E-state index contributed by atoms with van der Waals surface area (Å²) in [5.41, 5.74) is 0.283. The van der Waals surface area contributed by atoms with Crippen LogP contribution in [0.3, 0.4) is 0 Å². The summed E-state index contributed by atoms with van der Waals surface area (Å²) in [6, 6.07) is 3.91. The molecular weight excluding hydrogens is 247 g/mol. The molecule has 0 heterocycles. The van der Waals surface area contributed by atoms with Crippen molar-refractivity contribution in [2.75, 3.05) is 12.5 Å². The van der Waals surface area contributed by atoms with Crippen LogP contribution in [0.4, 0.5) is 4.39 Å². The lowest BCUT2D eigenvalue weighted by molar-refractivity contribution is 0.0167. The van der Waals surface area contributed by atoms with Gasteiger partial charge in [0, 0.05) is 11.9 Å². The van der Waals surface area contributed by atoms with E-state index in [1.54, 1.807) is 6.92 Å². The van der Waals surface area contributed by atoms with Crippen molar-refractivity contribution >= 4 is 11.6 Å². The van der Waals surface area contributed by atoms with Crippen molar-refractivity contribution in [2.24, 2.45) is 0 Å². The summed E-state index contributed by atoms with van der Waals surface area (Å²) in [6.07, 6.45) is -1.93. The standard InChI is InChI=1S/C12H16ClFO3/c1-2-17-10-6-8(5-9(14)7-10)12(16)11(15)3-4-13/h5-7,11-12,15-16H,2-4H2,1H3. The van der Waals surface area contributed by atoms with Crippen molar-refractivity contribution < 1.29 is 19.3 Å². The van der Waals surface area contributed by atoms with Gasteiger partial charge in [-0.05, 0) is 31.0 Å². The summed E-state index contributed by atoms with van der Waals surface area (Å²) in [4.78, 5) is 0. The van der Waals surface area contributed by atoms with Gasteiger partial charge in [0.1, 0.15) is 17.7 Å². The first kappa shape index (κ1) is 14.2. The molecule has 0 saturated heterocycles. The van der Waals surface area contributed by atoms with Crippen LogP contribution in [0.25, 0.3) is 0 Å². The molecule has 0 aliphatic heterocycles. The van der Waals surface area contributed by atoms with Crippen LogP contribution in [0, 0.1) is 5.82 Å². The van der Waals surface area contributed by atoms with Crippen molar-refractivity contribution in [3.05, 3.63) is 29.6 Å². The third-order valence-corrected chi connectivity index (χ3v) is 2.53. The maximum Gasteiger partial charge on any atom is 0.127 e. The highest BCUT2D eigenvalue weighted by molar-refractivity contribution is 6.17. The third kappa shape index (κ3) is 4.15. The summed E-state index contributed by atoms with van der Waals surface area (Å²) in [5.74, 6) is 0.0500. The maximum absolute atomic E-state index is 13.3. The molecule has 0 aliphatic carbocycles. The molecule has 1 aromatic rings. The Morgan fingerprint density at radius 2 is 2.06 bits per heavy atom. The average molecular weight is 263 g/mol. The highest BCUT2D eigenvalue weighted by Crippen LogP contribution is 2.25. The zero-order valence-corrected chi connectivity index (χ0v) is 10.3. The topological polar surface area (TPSA) is 49.7 Å². The smallest absolute Gasteiger partial charge is 0.127 e. The molecule has 0 aliphatic rings. The molecule has 17 heavy (non-hydrogen) atoms. The first-order valence-electron chi connectivity index (χ1n) is 5.43. The van der Waals surface area contributed by atoms with E-state index in [2.05, 4.69) is 0 Å². The fourth-order valence-electron chi connectivity index (χ4n) is 1.50. The lowest BCUT2D eigenvalue weighted by Gasteiger charge is -2.18. The van der Waals surface area contributed by atoms with E-state index in [-0.39, 0.29) is 17.9 Å². The van der Waals surface area contributed by atoms with Crippen LogP contribution in [0.1, 0.15) is 25.0 Å². The predicted octanol–water partition coefficient (Wildman–Crippen LogP) is 2.25. The Balaban J connectivity index is 2.88. The molecule has 0 spiro atoms. The van der Waals surface area contributed by atoms with Crippen molar-refractivity contribution in [3.63, 3.8) is 0 Å². The highest BCUT2D eigenvalue weighted by atomic mass is 35.5. The van der Waals surface area contributed by atoms with E-state index < -0.39 is 18.0 Å². The molecule has 0 saturated carbocycles. The molecule has 96 valence electrons. The second-order valence-corrected chi connectivity index (χ2v) is 4.02. The van der Waals surface area contributed by atoms with Crippen LogP contribution >= 0.6 is 11.6 Å². The Morgan fingerprint density at radius 1 is 1.35 bits per heavy atom. The second kappa shape index (κ2) is 6.79. The van der Waals surface area contributed by atoms with Gasteiger partial charge in [-0.1, -0.05) is 0 Å². The van der Waals surface area contributed by atoms with Crippen LogP contribution in [0.5, 0.6) is 5.75 Å². The van der Waals surface area contributed by atoms with E-state index >= 15 is 0 Å². The van der Waals surface area contributed by atoms with Gasteiger partial charge in [0.15, 0.2) is 0 Å².